The van der Waals surface area contributed by atoms with Gasteiger partial charge in [-0.25, -0.2) is 14.1 Å². The van der Waals surface area contributed by atoms with E-state index in [1.54, 1.807) is 29.2 Å². The van der Waals surface area contributed by atoms with Gasteiger partial charge in [-0.05, 0) is 76.4 Å². The average molecular weight is 620 g/mol. The van der Waals surface area contributed by atoms with Gasteiger partial charge in [0.05, 0.1) is 11.6 Å². The second-order valence-corrected chi connectivity index (χ2v) is 12.2. The fourth-order valence-corrected chi connectivity index (χ4v) is 7.03. The maximum absolute atomic E-state index is 17.0. The van der Waals surface area contributed by atoms with E-state index in [4.69, 9.17) is 9.72 Å². The van der Waals surface area contributed by atoms with Crippen molar-refractivity contribution in [3.05, 3.63) is 78.2 Å². The Morgan fingerprint density at radius 1 is 1.20 bits per heavy atom. The molecule has 0 radical (unpaired) electrons. The summed E-state index contributed by atoms with van der Waals surface area (Å²) in [5.74, 6) is -0.394. The standard InChI is InChI=1S/C36H38FN7O2/c1-6-8-11-24-12-9-13-26(28(24)21-38)31-22(3)20-27-33(32(31)37)39-36(46-23(4)29-14-10-17-42(29)5)34-35(27)44(41-40-34)25-15-18-43(19-16-25)30(45)7-2/h6-9,11-13,20,23,25,29H,1-2,10,14-19H2,3-5H3/b11-8-/t23-,29-/m0/s1. The molecule has 9 nitrogen and oxygen atoms in total. The fourth-order valence-electron chi connectivity index (χ4n) is 7.03. The van der Waals surface area contributed by atoms with Crippen LogP contribution in [-0.2, 0) is 4.79 Å². The molecule has 0 saturated carbocycles. The summed E-state index contributed by atoms with van der Waals surface area (Å²) < 4.78 is 25.4. The number of likely N-dealkylation sites (N-methyl/N-ethyl adjacent to an activating group) is 1. The highest BCUT2D eigenvalue weighted by molar-refractivity contribution is 6.06. The second-order valence-electron chi connectivity index (χ2n) is 12.2. The van der Waals surface area contributed by atoms with Crippen molar-refractivity contribution < 1.29 is 13.9 Å². The minimum atomic E-state index is -0.534. The van der Waals surface area contributed by atoms with Gasteiger partial charge in [-0.3, -0.25) is 9.69 Å². The Morgan fingerprint density at radius 2 is 1.98 bits per heavy atom. The van der Waals surface area contributed by atoms with Crippen molar-refractivity contribution in [2.24, 2.45) is 0 Å². The van der Waals surface area contributed by atoms with Gasteiger partial charge in [0.15, 0.2) is 11.3 Å². The zero-order valence-electron chi connectivity index (χ0n) is 26.5. The lowest BCUT2D eigenvalue weighted by Crippen LogP contribution is -2.38. The summed E-state index contributed by atoms with van der Waals surface area (Å²) in [7, 11) is 2.08. The summed E-state index contributed by atoms with van der Waals surface area (Å²) in [6.45, 7) is 13.3. The Kier molecular flexibility index (Phi) is 8.69. The van der Waals surface area contributed by atoms with E-state index in [9.17, 15) is 10.1 Å². The first kappa shape index (κ1) is 31.1. The molecule has 0 unspecified atom stereocenters. The largest absolute Gasteiger partial charge is 0.471 e. The molecular formula is C36H38FN7O2. The van der Waals surface area contributed by atoms with Crippen LogP contribution >= 0.6 is 0 Å². The molecule has 2 fully saturated rings. The monoisotopic (exact) mass is 619 g/mol. The van der Waals surface area contributed by atoms with Crippen LogP contribution in [0.3, 0.4) is 0 Å². The Bertz CT molecular complexity index is 1920. The van der Waals surface area contributed by atoms with Gasteiger partial charge in [0.25, 0.3) is 0 Å². The van der Waals surface area contributed by atoms with Crippen molar-refractivity contribution in [3.8, 4) is 23.1 Å². The molecule has 0 aliphatic carbocycles. The molecule has 2 atom stereocenters. The Balaban J connectivity index is 1.54. The number of allylic oxidation sites excluding steroid dienone is 2. The predicted octanol–water partition coefficient (Wildman–Crippen LogP) is 6.38. The first-order valence-corrected chi connectivity index (χ1v) is 15.8. The van der Waals surface area contributed by atoms with Gasteiger partial charge in [-0.2, -0.15) is 5.26 Å². The number of ether oxygens (including phenoxy) is 1. The number of rotatable bonds is 8. The number of halogens is 1. The van der Waals surface area contributed by atoms with Crippen molar-refractivity contribution in [1.29, 1.82) is 5.26 Å². The van der Waals surface area contributed by atoms with Crippen LogP contribution in [0.5, 0.6) is 5.88 Å². The van der Waals surface area contributed by atoms with E-state index in [0.29, 0.717) is 70.2 Å². The minimum absolute atomic E-state index is 0.0581. The minimum Gasteiger partial charge on any atom is -0.471 e. The van der Waals surface area contributed by atoms with Crippen molar-refractivity contribution in [2.45, 2.75) is 57.7 Å². The summed E-state index contributed by atoms with van der Waals surface area (Å²) >= 11 is 0. The molecule has 0 N–H and O–H groups in total. The molecule has 236 valence electrons. The van der Waals surface area contributed by atoms with Gasteiger partial charge in [-0.1, -0.05) is 54.8 Å². The molecule has 2 aliphatic heterocycles. The number of fused-ring (bicyclic) bond motifs is 3. The first-order chi connectivity index (χ1) is 22.3. The number of aromatic nitrogens is 4. The molecule has 4 aromatic rings. The smallest absolute Gasteiger partial charge is 0.245 e. The molecular weight excluding hydrogens is 581 g/mol. The highest BCUT2D eigenvalue weighted by atomic mass is 19.1. The van der Waals surface area contributed by atoms with Crippen molar-refractivity contribution in [2.75, 3.05) is 26.7 Å². The van der Waals surface area contributed by atoms with Crippen LogP contribution in [0.2, 0.25) is 0 Å². The van der Waals surface area contributed by atoms with Gasteiger partial charge in [-0.15, -0.1) is 5.10 Å². The SMILES string of the molecule is C=C/C=C\c1cccc(-c2c(C)cc3c(nc(O[C@@H](C)[C@@H]4CCCN4C)c4nnn(C5CCN(C(=O)C=C)CC5)c43)c2F)c1C#N. The van der Waals surface area contributed by atoms with E-state index in [0.717, 1.165) is 19.4 Å². The zero-order valence-corrected chi connectivity index (χ0v) is 26.5. The van der Waals surface area contributed by atoms with Gasteiger partial charge in [0, 0.05) is 35.6 Å². The van der Waals surface area contributed by atoms with E-state index < -0.39 is 5.82 Å². The quantitative estimate of drug-likeness (QED) is 0.167. The zero-order chi connectivity index (χ0) is 32.5. The molecule has 0 bridgehead atoms. The number of carbonyl (C=O) groups excluding carboxylic acids is 1. The van der Waals surface area contributed by atoms with Gasteiger partial charge in [0.2, 0.25) is 11.8 Å². The number of hydrogen-bond donors (Lipinski definition) is 0. The molecule has 2 aliphatic rings. The van der Waals surface area contributed by atoms with E-state index in [1.807, 2.05) is 36.7 Å². The maximum atomic E-state index is 17.0. The number of hydrogen-bond acceptors (Lipinski definition) is 7. The molecule has 10 heteroatoms. The number of amides is 1. The molecule has 4 heterocycles. The Labute approximate surface area is 268 Å². The van der Waals surface area contributed by atoms with Gasteiger partial charge in [0.1, 0.15) is 23.2 Å². The highest BCUT2D eigenvalue weighted by Crippen LogP contribution is 2.40. The Hall–Kier alpha value is -4.88. The summed E-state index contributed by atoms with van der Waals surface area (Å²) in [4.78, 5) is 21.1. The number of nitrogens with zero attached hydrogens (tertiary/aromatic N) is 7. The van der Waals surface area contributed by atoms with Crippen LogP contribution in [-0.4, -0.2) is 74.5 Å². The number of carbonyl (C=O) groups is 1. The molecule has 0 spiro atoms. The van der Waals surface area contributed by atoms with Gasteiger partial charge < -0.3 is 9.64 Å². The molecule has 2 aromatic heterocycles. The highest BCUT2D eigenvalue weighted by Gasteiger charge is 2.32. The summed E-state index contributed by atoms with van der Waals surface area (Å²) in [6, 6.07) is 9.72. The molecule has 6 rings (SSSR count). The topological polar surface area (TPSA) is 100 Å². The fraction of sp³-hybridized carbons (Fsp3) is 0.361. The summed E-state index contributed by atoms with van der Waals surface area (Å²) in [6.07, 6.45) is 9.70. The molecule has 46 heavy (non-hydrogen) atoms. The lowest BCUT2D eigenvalue weighted by molar-refractivity contribution is -0.127. The van der Waals surface area contributed by atoms with E-state index in [-0.39, 0.29) is 35.5 Å². The van der Waals surface area contributed by atoms with Crippen LogP contribution in [0.25, 0.3) is 39.1 Å². The predicted molar refractivity (Wildman–Crippen MR) is 178 cm³/mol. The first-order valence-electron chi connectivity index (χ1n) is 15.8. The summed E-state index contributed by atoms with van der Waals surface area (Å²) in [5, 5.41) is 19.9. The third-order valence-corrected chi connectivity index (χ3v) is 9.41. The third kappa shape index (κ3) is 5.45. The lowest BCUT2D eigenvalue weighted by Gasteiger charge is -2.31. The van der Waals surface area contributed by atoms with E-state index in [2.05, 4.69) is 41.5 Å². The van der Waals surface area contributed by atoms with Crippen LogP contribution in [0.15, 0.2) is 55.7 Å². The van der Waals surface area contributed by atoms with Gasteiger partial charge >= 0.3 is 0 Å². The molecule has 1 amide bonds. The average Bonchev–Trinajstić information content (AvgIpc) is 3.71. The number of nitriles is 1. The van der Waals surface area contributed by atoms with Crippen LogP contribution in [0.4, 0.5) is 4.39 Å². The van der Waals surface area contributed by atoms with Crippen LogP contribution in [0.1, 0.15) is 55.3 Å². The number of likely N-dealkylation sites (tertiary alicyclic amines) is 2. The van der Waals surface area contributed by atoms with Crippen molar-refractivity contribution >= 4 is 33.9 Å². The normalized spacial score (nSPS) is 18.3. The van der Waals surface area contributed by atoms with Crippen molar-refractivity contribution in [3.63, 3.8) is 0 Å². The van der Waals surface area contributed by atoms with E-state index in [1.165, 1.54) is 6.08 Å². The lowest BCUT2D eigenvalue weighted by atomic mass is 9.91. The number of aryl methyl sites for hydroxylation is 1. The maximum Gasteiger partial charge on any atom is 0.245 e. The second kappa shape index (κ2) is 12.9. The number of pyridine rings is 1. The Morgan fingerprint density at radius 3 is 2.65 bits per heavy atom. The van der Waals surface area contributed by atoms with Crippen LogP contribution in [0, 0.1) is 24.1 Å². The number of piperidine rings is 1. The molecule has 2 saturated heterocycles. The third-order valence-electron chi connectivity index (χ3n) is 9.41. The molecule has 2 aromatic carbocycles. The van der Waals surface area contributed by atoms with Crippen LogP contribution < -0.4 is 4.74 Å². The van der Waals surface area contributed by atoms with E-state index >= 15 is 4.39 Å². The number of benzene rings is 2. The van der Waals surface area contributed by atoms with Crippen molar-refractivity contribution in [1.82, 2.24) is 29.8 Å². The summed E-state index contributed by atoms with van der Waals surface area (Å²) in [5.41, 5.74) is 3.75.